The average molecular weight is 379 g/mol. The highest BCUT2D eigenvalue weighted by Gasteiger charge is 2.14. The summed E-state index contributed by atoms with van der Waals surface area (Å²) in [4.78, 5) is 10.7. The summed E-state index contributed by atoms with van der Waals surface area (Å²) >= 11 is 3.25. The summed E-state index contributed by atoms with van der Waals surface area (Å²) in [5.41, 5.74) is 6.56. The number of benzene rings is 1. The third kappa shape index (κ3) is 6.92. The number of nitrogens with two attached hydrogens (primary N) is 1. The number of carboxylic acids is 1. The third-order valence-corrected chi connectivity index (χ3v) is 4.70. The van der Waals surface area contributed by atoms with Crippen LogP contribution < -0.4 is 10.5 Å². The molecule has 4 N–H and O–H groups in total. The molecule has 0 aliphatic rings. The molecule has 118 valence electrons. The van der Waals surface area contributed by atoms with Gasteiger partial charge in [-0.25, -0.2) is 8.42 Å². The van der Waals surface area contributed by atoms with E-state index in [-0.39, 0.29) is 12.2 Å². The highest BCUT2D eigenvalue weighted by atomic mass is 79.9. The highest BCUT2D eigenvalue weighted by Crippen LogP contribution is 2.14. The fourth-order valence-electron chi connectivity index (χ4n) is 1.72. The summed E-state index contributed by atoms with van der Waals surface area (Å²) in [5.74, 6) is -1.03. The van der Waals surface area contributed by atoms with Crippen LogP contribution >= 0.6 is 15.9 Å². The van der Waals surface area contributed by atoms with Gasteiger partial charge in [0.05, 0.1) is 5.75 Å². The number of hydrogen-bond acceptors (Lipinski definition) is 4. The topological polar surface area (TPSA) is 109 Å². The van der Waals surface area contributed by atoms with Crippen molar-refractivity contribution in [3.8, 4) is 0 Å². The summed E-state index contributed by atoms with van der Waals surface area (Å²) in [7, 11) is -3.39. The van der Waals surface area contributed by atoms with Crippen LogP contribution in [0.5, 0.6) is 0 Å². The molecule has 0 aliphatic heterocycles. The minimum absolute atomic E-state index is 0.0530. The van der Waals surface area contributed by atoms with E-state index < -0.39 is 22.0 Å². The number of carboxylic acid groups (broad SMARTS) is 1. The van der Waals surface area contributed by atoms with Crippen LogP contribution in [0.3, 0.4) is 0 Å². The van der Waals surface area contributed by atoms with Crippen LogP contribution in [-0.4, -0.2) is 36.6 Å². The molecule has 0 bridgehead atoms. The van der Waals surface area contributed by atoms with Crippen LogP contribution in [0, 0.1) is 0 Å². The van der Waals surface area contributed by atoms with E-state index in [4.69, 9.17) is 10.8 Å². The van der Waals surface area contributed by atoms with Crippen LogP contribution in [0.25, 0.3) is 0 Å². The lowest BCUT2D eigenvalue weighted by molar-refractivity contribution is -0.138. The van der Waals surface area contributed by atoms with Crippen molar-refractivity contribution >= 4 is 37.6 Å². The summed E-state index contributed by atoms with van der Waals surface area (Å²) in [5, 5.41) is 9.55. The Kier molecular flexibility index (Phi) is 7.13. The molecule has 21 heavy (non-hydrogen) atoms. The molecule has 0 saturated carbocycles. The van der Waals surface area contributed by atoms with E-state index in [1.807, 2.05) is 0 Å². The Labute approximate surface area is 132 Å². The Morgan fingerprint density at radius 1 is 1.38 bits per heavy atom. The molecule has 8 heteroatoms. The number of halogens is 1. The number of anilines is 1. The van der Waals surface area contributed by atoms with Gasteiger partial charge in [0.25, 0.3) is 0 Å². The molecule has 6 nitrogen and oxygen atoms in total. The zero-order valence-corrected chi connectivity index (χ0v) is 13.9. The van der Waals surface area contributed by atoms with Gasteiger partial charge >= 0.3 is 5.97 Å². The lowest BCUT2D eigenvalue weighted by Gasteiger charge is -2.10. The van der Waals surface area contributed by atoms with Gasteiger partial charge in [0.15, 0.2) is 0 Å². The Hall–Kier alpha value is -1.12. The van der Waals surface area contributed by atoms with E-state index in [0.717, 1.165) is 11.8 Å². The molecule has 0 radical (unpaired) electrons. The van der Waals surface area contributed by atoms with Gasteiger partial charge in [-0.15, -0.1) is 0 Å². The summed E-state index contributed by atoms with van der Waals surface area (Å²) in [6, 6.07) is 5.60. The van der Waals surface area contributed by atoms with Crippen molar-refractivity contribution in [2.45, 2.75) is 25.3 Å². The van der Waals surface area contributed by atoms with Crippen molar-refractivity contribution in [2.24, 2.45) is 5.73 Å². The molecular weight excluding hydrogens is 360 g/mol. The van der Waals surface area contributed by atoms with Gasteiger partial charge in [-0.05, 0) is 37.0 Å². The first-order valence-electron chi connectivity index (χ1n) is 6.48. The van der Waals surface area contributed by atoms with E-state index in [1.165, 1.54) is 0 Å². The molecule has 0 aliphatic carbocycles. The summed E-state index contributed by atoms with van der Waals surface area (Å²) in [6.07, 6.45) is 1.51. The predicted molar refractivity (Wildman–Crippen MR) is 86.2 cm³/mol. The quantitative estimate of drug-likeness (QED) is 0.446. The standard InChI is InChI=1S/C13H19BrN2O4S/c14-6-1-2-7-21(19,20)16-11-5-3-4-10(8-11)9-12(15)13(17)18/h3-5,8,12,16H,1-2,6-7,9,15H2,(H,17,18). The second kappa shape index (κ2) is 8.35. The van der Waals surface area contributed by atoms with E-state index in [9.17, 15) is 13.2 Å². The van der Waals surface area contributed by atoms with Crippen LogP contribution in [0.4, 0.5) is 5.69 Å². The molecule has 1 aromatic carbocycles. The van der Waals surface area contributed by atoms with Gasteiger partial charge in [-0.1, -0.05) is 28.1 Å². The first kappa shape index (κ1) is 17.9. The average Bonchev–Trinajstić information content (AvgIpc) is 2.38. The zero-order chi connectivity index (χ0) is 15.9. The molecule has 0 saturated heterocycles. The lowest BCUT2D eigenvalue weighted by Crippen LogP contribution is -2.32. The summed E-state index contributed by atoms with van der Waals surface area (Å²) < 4.78 is 26.2. The van der Waals surface area contributed by atoms with Crippen LogP contribution in [0.2, 0.25) is 0 Å². The first-order valence-corrected chi connectivity index (χ1v) is 9.25. The number of hydrogen-bond donors (Lipinski definition) is 3. The Morgan fingerprint density at radius 2 is 2.10 bits per heavy atom. The molecule has 1 atom stereocenters. The number of rotatable bonds is 9. The van der Waals surface area contributed by atoms with Gasteiger partial charge in [0, 0.05) is 11.0 Å². The second-order valence-electron chi connectivity index (χ2n) is 4.67. The van der Waals surface area contributed by atoms with Crippen LogP contribution in [-0.2, 0) is 21.2 Å². The Bertz CT molecular complexity index is 577. The molecule has 0 fully saturated rings. The fourth-order valence-corrected chi connectivity index (χ4v) is 3.29. The SMILES string of the molecule is NC(Cc1cccc(NS(=O)(=O)CCCCBr)c1)C(=O)O. The third-order valence-electron chi connectivity index (χ3n) is 2.77. The smallest absolute Gasteiger partial charge is 0.320 e. The van der Waals surface area contributed by atoms with Crippen LogP contribution in [0.1, 0.15) is 18.4 Å². The number of nitrogens with one attached hydrogen (secondary N) is 1. The maximum Gasteiger partial charge on any atom is 0.320 e. The van der Waals surface area contributed by atoms with E-state index in [2.05, 4.69) is 20.7 Å². The van der Waals surface area contributed by atoms with E-state index in [1.54, 1.807) is 24.3 Å². The molecule has 1 unspecified atom stereocenters. The molecule has 0 spiro atoms. The number of carbonyl (C=O) groups is 1. The van der Waals surface area contributed by atoms with Gasteiger partial charge in [0.2, 0.25) is 10.0 Å². The Morgan fingerprint density at radius 3 is 2.71 bits per heavy atom. The fraction of sp³-hybridized carbons (Fsp3) is 0.462. The van der Waals surface area contributed by atoms with Crippen molar-refractivity contribution < 1.29 is 18.3 Å². The largest absolute Gasteiger partial charge is 0.480 e. The Balaban J connectivity index is 2.70. The van der Waals surface area contributed by atoms with Crippen LogP contribution in [0.15, 0.2) is 24.3 Å². The number of unbranched alkanes of at least 4 members (excludes halogenated alkanes) is 1. The van der Waals surface area contributed by atoms with Gasteiger partial charge in [0.1, 0.15) is 6.04 Å². The zero-order valence-electron chi connectivity index (χ0n) is 11.5. The maximum absolute atomic E-state index is 11.9. The van der Waals surface area contributed by atoms with Crippen molar-refractivity contribution in [3.05, 3.63) is 29.8 Å². The number of sulfonamides is 1. The number of alkyl halides is 1. The second-order valence-corrected chi connectivity index (χ2v) is 7.30. The molecule has 1 aromatic rings. The van der Waals surface area contributed by atoms with Gasteiger partial charge in [-0.3, -0.25) is 9.52 Å². The van der Waals surface area contributed by atoms with Gasteiger partial charge in [-0.2, -0.15) is 0 Å². The van der Waals surface area contributed by atoms with E-state index >= 15 is 0 Å². The normalized spacial score (nSPS) is 12.9. The summed E-state index contributed by atoms with van der Waals surface area (Å²) in [6.45, 7) is 0. The maximum atomic E-state index is 11.9. The molecule has 1 rings (SSSR count). The molecule has 0 heterocycles. The predicted octanol–water partition coefficient (Wildman–Crippen LogP) is 1.56. The lowest BCUT2D eigenvalue weighted by atomic mass is 10.1. The highest BCUT2D eigenvalue weighted by molar-refractivity contribution is 9.09. The van der Waals surface area contributed by atoms with Crippen molar-refractivity contribution in [1.82, 2.24) is 0 Å². The minimum atomic E-state index is -3.39. The van der Waals surface area contributed by atoms with Gasteiger partial charge < -0.3 is 10.8 Å². The molecule has 0 aromatic heterocycles. The van der Waals surface area contributed by atoms with Crippen molar-refractivity contribution in [3.63, 3.8) is 0 Å². The van der Waals surface area contributed by atoms with Crippen molar-refractivity contribution in [2.75, 3.05) is 15.8 Å². The molecular formula is C13H19BrN2O4S. The molecule has 0 amide bonds. The minimum Gasteiger partial charge on any atom is -0.480 e. The number of aliphatic carboxylic acids is 1. The monoisotopic (exact) mass is 378 g/mol. The van der Waals surface area contributed by atoms with Crippen molar-refractivity contribution in [1.29, 1.82) is 0 Å². The van der Waals surface area contributed by atoms with E-state index in [0.29, 0.717) is 17.7 Å². The first-order chi connectivity index (χ1) is 9.84.